The number of non-ortho nitro benzene ring substituents is 1. The number of carbonyl (C=O) groups excluding carboxylic acids is 1. The molecule has 0 radical (unpaired) electrons. The Kier molecular flexibility index (Phi) is 7.45. The van der Waals surface area contributed by atoms with Crippen molar-refractivity contribution in [3.8, 4) is 17.1 Å². The van der Waals surface area contributed by atoms with Crippen LogP contribution in [0.3, 0.4) is 0 Å². The molecule has 1 heterocycles. The zero-order valence-corrected chi connectivity index (χ0v) is 19.5. The van der Waals surface area contributed by atoms with Crippen LogP contribution in [0, 0.1) is 10.1 Å². The summed E-state index contributed by atoms with van der Waals surface area (Å²) in [7, 11) is 0. The molecule has 0 unspecified atom stereocenters. The van der Waals surface area contributed by atoms with Gasteiger partial charge in [-0.3, -0.25) is 14.9 Å². The standard InChI is InChI=1S/C25H17Cl2N3O5/c26-19-6-1-18(23(27)13-19)15-34-21-9-4-17(5-10-21)25(31)29-28-14-22-11-12-24(35-22)16-2-7-20(8-3-16)30(32)33/h1-14H,15H2,(H,29,31)/b28-14+. The number of nitrogens with one attached hydrogen (secondary N) is 1. The monoisotopic (exact) mass is 509 g/mol. The molecular weight excluding hydrogens is 493 g/mol. The molecule has 3 aromatic carbocycles. The van der Waals surface area contributed by atoms with Crippen LogP contribution in [-0.4, -0.2) is 17.0 Å². The van der Waals surface area contributed by atoms with Gasteiger partial charge in [-0.2, -0.15) is 5.10 Å². The summed E-state index contributed by atoms with van der Waals surface area (Å²) < 4.78 is 11.4. The summed E-state index contributed by atoms with van der Waals surface area (Å²) in [6.45, 7) is 0.261. The van der Waals surface area contributed by atoms with Gasteiger partial charge in [-0.15, -0.1) is 0 Å². The maximum Gasteiger partial charge on any atom is 0.271 e. The molecule has 0 atom stereocenters. The average molecular weight is 510 g/mol. The SMILES string of the molecule is O=C(N/N=C/c1ccc(-c2ccc([N+](=O)[O-])cc2)o1)c1ccc(OCc2ccc(Cl)cc2Cl)cc1. The van der Waals surface area contributed by atoms with E-state index in [-0.39, 0.29) is 12.3 Å². The van der Waals surface area contributed by atoms with E-state index in [1.165, 1.54) is 18.3 Å². The number of hydrogen-bond donors (Lipinski definition) is 1. The summed E-state index contributed by atoms with van der Waals surface area (Å²) in [5.74, 6) is 1.09. The third kappa shape index (κ3) is 6.26. The largest absolute Gasteiger partial charge is 0.489 e. The highest BCUT2D eigenvalue weighted by molar-refractivity contribution is 6.35. The van der Waals surface area contributed by atoms with Gasteiger partial charge in [-0.05, 0) is 60.7 Å². The minimum atomic E-state index is -0.468. The summed E-state index contributed by atoms with van der Waals surface area (Å²) in [5, 5.41) is 15.7. The highest BCUT2D eigenvalue weighted by Crippen LogP contribution is 2.24. The minimum absolute atomic E-state index is 0.00430. The van der Waals surface area contributed by atoms with Crippen LogP contribution in [0.25, 0.3) is 11.3 Å². The zero-order valence-electron chi connectivity index (χ0n) is 18.0. The van der Waals surface area contributed by atoms with Crippen molar-refractivity contribution in [3.63, 3.8) is 0 Å². The van der Waals surface area contributed by atoms with Crippen LogP contribution in [0.2, 0.25) is 10.0 Å². The summed E-state index contributed by atoms with van der Waals surface area (Å²) in [6, 6.07) is 21.1. The van der Waals surface area contributed by atoms with Crippen molar-refractivity contribution in [1.29, 1.82) is 0 Å². The van der Waals surface area contributed by atoms with Crippen LogP contribution in [0.1, 0.15) is 21.7 Å². The van der Waals surface area contributed by atoms with Gasteiger partial charge in [0, 0.05) is 38.9 Å². The van der Waals surface area contributed by atoms with Crippen LogP contribution in [0.15, 0.2) is 88.4 Å². The lowest BCUT2D eigenvalue weighted by Crippen LogP contribution is -2.17. The van der Waals surface area contributed by atoms with Crippen molar-refractivity contribution in [2.45, 2.75) is 6.61 Å². The molecule has 0 bridgehead atoms. The van der Waals surface area contributed by atoms with Crippen molar-refractivity contribution < 1.29 is 18.9 Å². The van der Waals surface area contributed by atoms with Gasteiger partial charge in [-0.25, -0.2) is 5.43 Å². The van der Waals surface area contributed by atoms with Crippen molar-refractivity contribution in [3.05, 3.63) is 116 Å². The molecule has 0 saturated carbocycles. The van der Waals surface area contributed by atoms with Gasteiger partial charge in [0.1, 0.15) is 23.9 Å². The lowest BCUT2D eigenvalue weighted by molar-refractivity contribution is -0.384. The second-order valence-corrected chi connectivity index (χ2v) is 8.10. The number of hydrazone groups is 1. The number of ether oxygens (including phenoxy) is 1. The zero-order chi connectivity index (χ0) is 24.8. The van der Waals surface area contributed by atoms with Crippen molar-refractivity contribution in [2.24, 2.45) is 5.10 Å². The number of hydrogen-bond acceptors (Lipinski definition) is 6. The lowest BCUT2D eigenvalue weighted by atomic mass is 10.1. The van der Waals surface area contributed by atoms with Crippen molar-refractivity contribution in [2.75, 3.05) is 0 Å². The van der Waals surface area contributed by atoms with Crippen LogP contribution >= 0.6 is 23.2 Å². The summed E-state index contributed by atoms with van der Waals surface area (Å²) in [4.78, 5) is 22.6. The Labute approximate surface area is 209 Å². The van der Waals surface area contributed by atoms with Gasteiger partial charge in [-0.1, -0.05) is 29.3 Å². The van der Waals surface area contributed by atoms with E-state index >= 15 is 0 Å². The molecule has 10 heteroatoms. The first kappa shape index (κ1) is 24.0. The molecule has 0 aliphatic rings. The Morgan fingerprint density at radius 3 is 2.46 bits per heavy atom. The van der Waals surface area contributed by atoms with Gasteiger partial charge in [0.05, 0.1) is 11.1 Å². The number of nitrogens with zero attached hydrogens (tertiary/aromatic N) is 2. The Hall–Kier alpha value is -4.14. The Balaban J connectivity index is 1.30. The van der Waals surface area contributed by atoms with Gasteiger partial charge in [0.15, 0.2) is 0 Å². The molecule has 0 aliphatic carbocycles. The molecule has 4 rings (SSSR count). The quantitative estimate of drug-likeness (QED) is 0.165. The van der Waals surface area contributed by atoms with Crippen LogP contribution in [0.4, 0.5) is 5.69 Å². The molecule has 0 fully saturated rings. The highest BCUT2D eigenvalue weighted by atomic mass is 35.5. The van der Waals surface area contributed by atoms with Crippen molar-refractivity contribution >= 4 is 41.0 Å². The Morgan fingerprint density at radius 1 is 1.03 bits per heavy atom. The number of nitro groups is 1. The first-order valence-electron chi connectivity index (χ1n) is 10.2. The third-order valence-corrected chi connectivity index (χ3v) is 5.46. The molecule has 0 aliphatic heterocycles. The van der Waals surface area contributed by atoms with E-state index in [9.17, 15) is 14.9 Å². The van der Waals surface area contributed by atoms with E-state index in [4.69, 9.17) is 32.4 Å². The number of nitro benzene ring substituents is 1. The second kappa shape index (κ2) is 10.9. The van der Waals surface area contributed by atoms with E-state index < -0.39 is 10.8 Å². The molecule has 0 spiro atoms. The number of halogens is 2. The number of benzene rings is 3. The average Bonchev–Trinajstić information content (AvgIpc) is 3.33. The first-order valence-corrected chi connectivity index (χ1v) is 11.0. The molecule has 35 heavy (non-hydrogen) atoms. The highest BCUT2D eigenvalue weighted by Gasteiger charge is 2.09. The molecule has 1 amide bonds. The molecule has 4 aromatic rings. The van der Waals surface area contributed by atoms with Gasteiger partial charge in [0.2, 0.25) is 0 Å². The summed E-state index contributed by atoms with van der Waals surface area (Å²) >= 11 is 12.0. The fraction of sp³-hybridized carbons (Fsp3) is 0.0400. The maximum atomic E-state index is 12.3. The summed E-state index contributed by atoms with van der Waals surface area (Å²) in [6.07, 6.45) is 1.36. The fourth-order valence-corrected chi connectivity index (χ4v) is 3.51. The second-order valence-electron chi connectivity index (χ2n) is 7.25. The van der Waals surface area contributed by atoms with E-state index in [1.807, 2.05) is 0 Å². The van der Waals surface area contributed by atoms with Crippen molar-refractivity contribution in [1.82, 2.24) is 5.43 Å². The first-order chi connectivity index (χ1) is 16.9. The van der Waals surface area contributed by atoms with Gasteiger partial charge >= 0.3 is 0 Å². The van der Waals surface area contributed by atoms with E-state index in [0.29, 0.717) is 38.4 Å². The predicted molar refractivity (Wildman–Crippen MR) is 133 cm³/mol. The van der Waals surface area contributed by atoms with Gasteiger partial charge < -0.3 is 9.15 Å². The number of rotatable bonds is 8. The van der Waals surface area contributed by atoms with Gasteiger partial charge in [0.25, 0.3) is 11.6 Å². The molecular formula is C25H17Cl2N3O5. The number of furan rings is 1. The maximum absolute atomic E-state index is 12.3. The van der Waals surface area contributed by atoms with Crippen LogP contribution < -0.4 is 10.2 Å². The normalized spacial score (nSPS) is 10.9. The lowest BCUT2D eigenvalue weighted by Gasteiger charge is -2.08. The van der Waals surface area contributed by atoms with Crippen LogP contribution in [0.5, 0.6) is 5.75 Å². The molecule has 8 nitrogen and oxygen atoms in total. The Bertz CT molecular complexity index is 1380. The molecule has 176 valence electrons. The summed E-state index contributed by atoms with van der Waals surface area (Å²) in [5.41, 5.74) is 4.29. The smallest absolute Gasteiger partial charge is 0.271 e. The topological polar surface area (TPSA) is 107 Å². The fourth-order valence-electron chi connectivity index (χ4n) is 3.05. The molecule has 0 saturated heterocycles. The number of amides is 1. The van der Waals surface area contributed by atoms with E-state index in [1.54, 1.807) is 66.7 Å². The molecule has 1 N–H and O–H groups in total. The predicted octanol–water partition coefficient (Wildman–Crippen LogP) is 6.50. The van der Waals surface area contributed by atoms with E-state index in [2.05, 4.69) is 10.5 Å². The number of carbonyl (C=O) groups is 1. The third-order valence-electron chi connectivity index (χ3n) is 4.87. The molecule has 1 aromatic heterocycles. The van der Waals surface area contributed by atoms with Crippen LogP contribution in [-0.2, 0) is 6.61 Å². The Morgan fingerprint density at radius 2 is 1.77 bits per heavy atom. The minimum Gasteiger partial charge on any atom is -0.489 e. The van der Waals surface area contributed by atoms with E-state index in [0.717, 1.165) is 5.56 Å².